The molecule has 0 bridgehead atoms. The number of halogens is 4. The van der Waals surface area contributed by atoms with Gasteiger partial charge >= 0.3 is 0 Å². The van der Waals surface area contributed by atoms with Crippen LogP contribution in [0, 0.1) is 0 Å². The predicted molar refractivity (Wildman–Crippen MR) is 98.9 cm³/mol. The average Bonchev–Trinajstić information content (AvgIpc) is 3.14. The fourth-order valence-electron chi connectivity index (χ4n) is 1.95. The van der Waals surface area contributed by atoms with E-state index in [9.17, 15) is 0 Å². The molecule has 0 saturated heterocycles. The van der Waals surface area contributed by atoms with Gasteiger partial charge in [-0.05, 0) is 12.8 Å². The summed E-state index contributed by atoms with van der Waals surface area (Å²) in [5.41, 5.74) is 0. The molecule has 0 N–H and O–H groups in total. The first-order chi connectivity index (χ1) is 10.7. The number of rotatable bonds is 6. The van der Waals surface area contributed by atoms with Gasteiger partial charge in [-0.25, -0.2) is 18.3 Å². The maximum atomic E-state index is 2.75. The summed E-state index contributed by atoms with van der Waals surface area (Å²) in [6.07, 6.45) is 17.6. The van der Waals surface area contributed by atoms with Crippen LogP contribution in [0.1, 0.15) is 39.5 Å². The van der Waals surface area contributed by atoms with Crippen LogP contribution in [-0.2, 0) is 27.2 Å². The molecule has 2 aromatic rings. The zero-order chi connectivity index (χ0) is 16.8. The first kappa shape index (κ1) is 29.1. The van der Waals surface area contributed by atoms with Crippen LogP contribution < -0.4 is 43.1 Å². The minimum Gasteiger partial charge on any atom is -1.00 e. The van der Waals surface area contributed by atoms with Gasteiger partial charge in [-0.2, -0.15) is 0 Å². The van der Waals surface area contributed by atoms with Crippen LogP contribution >= 0.6 is 28.3 Å². The van der Waals surface area contributed by atoms with Crippen molar-refractivity contribution in [3.63, 3.8) is 0 Å². The molecule has 0 fully saturated rings. The zero-order valence-electron chi connectivity index (χ0n) is 15.0. The summed E-state index contributed by atoms with van der Waals surface area (Å²) in [6.45, 7) is 6.72. The van der Waals surface area contributed by atoms with Crippen molar-refractivity contribution < 1.29 is 43.1 Å². The molecule has 0 spiro atoms. The number of aryl methyl sites for hydroxylation is 4. The fraction of sp³-hybridized carbons (Fsp3) is 0.625. The maximum absolute atomic E-state index is 2.75. The van der Waals surface area contributed by atoms with Gasteiger partial charge in [0.2, 0.25) is 12.7 Å². The Balaban J connectivity index is -0.000000310. The summed E-state index contributed by atoms with van der Waals surface area (Å²) in [4.78, 5) is 0. The van der Waals surface area contributed by atoms with Crippen LogP contribution in [0.3, 0.4) is 0 Å². The van der Waals surface area contributed by atoms with Crippen molar-refractivity contribution in [1.29, 1.82) is 0 Å². The third-order valence-electron chi connectivity index (χ3n) is 3.19. The molecule has 4 nitrogen and oxygen atoms in total. The van der Waals surface area contributed by atoms with Crippen molar-refractivity contribution >= 4 is 28.3 Å². The summed E-state index contributed by atoms with van der Waals surface area (Å²) in [6, 6.07) is 0. The Morgan fingerprint density at radius 2 is 1.08 bits per heavy atom. The molecule has 0 amide bonds. The monoisotopic (exact) mass is 594 g/mol. The van der Waals surface area contributed by atoms with E-state index < -0.39 is 0 Å². The Morgan fingerprint density at radius 1 is 0.750 bits per heavy atom. The number of aromatic nitrogens is 4. The normalized spacial score (nSPS) is 8.75. The molecule has 0 aliphatic heterocycles. The predicted octanol–water partition coefficient (Wildman–Crippen LogP) is -2.08. The van der Waals surface area contributed by atoms with E-state index in [4.69, 9.17) is 0 Å². The summed E-state index contributed by atoms with van der Waals surface area (Å²) in [5, 5.41) is 0. The Labute approximate surface area is 183 Å². The van der Waals surface area contributed by atoms with E-state index in [1.165, 1.54) is 25.7 Å². The number of imidazole rings is 2. The molecule has 8 heteroatoms. The van der Waals surface area contributed by atoms with Crippen molar-refractivity contribution in [3.05, 3.63) is 37.4 Å². The number of hydrogen-bond acceptors (Lipinski definition) is 0. The molecule has 0 unspecified atom stereocenters. The van der Waals surface area contributed by atoms with Crippen molar-refractivity contribution in [1.82, 2.24) is 9.13 Å². The van der Waals surface area contributed by atoms with Gasteiger partial charge in [0.05, 0.1) is 27.2 Å². The first-order valence-electron chi connectivity index (χ1n) is 7.82. The lowest BCUT2D eigenvalue weighted by atomic mass is 10.3. The van der Waals surface area contributed by atoms with Gasteiger partial charge in [0.25, 0.3) is 0 Å². The molecule has 0 atom stereocenters. The third-order valence-corrected chi connectivity index (χ3v) is 3.19. The highest BCUT2D eigenvalue weighted by Crippen LogP contribution is 1.92. The van der Waals surface area contributed by atoms with E-state index in [1.807, 2.05) is 14.1 Å². The lowest BCUT2D eigenvalue weighted by Gasteiger charge is -1.90. The SMILES string of the molecule is BrBr.CCCCn1cc[n+](C)c1.CCCCn1cc[n+](C)c1.[Br-].[Br-]. The van der Waals surface area contributed by atoms with Gasteiger partial charge in [0.1, 0.15) is 24.8 Å². The quantitative estimate of drug-likeness (QED) is 0.341. The van der Waals surface area contributed by atoms with Crippen molar-refractivity contribution in [2.75, 3.05) is 0 Å². The molecular formula is C16H30Br4N4. The van der Waals surface area contributed by atoms with Crippen LogP contribution in [0.15, 0.2) is 37.4 Å². The fourth-order valence-corrected chi connectivity index (χ4v) is 1.95. The summed E-state index contributed by atoms with van der Waals surface area (Å²) in [7, 11) is 4.09. The largest absolute Gasteiger partial charge is 1.00 e. The first-order valence-corrected chi connectivity index (χ1v) is 11.5. The van der Waals surface area contributed by atoms with Gasteiger partial charge in [-0.1, -0.05) is 26.7 Å². The summed E-state index contributed by atoms with van der Waals surface area (Å²) >= 11 is 5.50. The highest BCUT2D eigenvalue weighted by molar-refractivity contribution is 9.93. The highest BCUT2D eigenvalue weighted by Gasteiger charge is 1.97. The maximum Gasteiger partial charge on any atom is 0.243 e. The topological polar surface area (TPSA) is 17.6 Å². The van der Waals surface area contributed by atoms with E-state index in [1.54, 1.807) is 0 Å². The molecule has 2 rings (SSSR count). The molecule has 0 saturated carbocycles. The molecule has 142 valence electrons. The molecular weight excluding hydrogens is 568 g/mol. The Hall–Kier alpha value is 0.340. The van der Waals surface area contributed by atoms with E-state index in [-0.39, 0.29) is 34.0 Å². The van der Waals surface area contributed by atoms with E-state index in [2.05, 4.69) is 97.8 Å². The summed E-state index contributed by atoms with van der Waals surface area (Å²) in [5.74, 6) is 0. The molecule has 0 radical (unpaired) electrons. The van der Waals surface area contributed by atoms with Gasteiger partial charge < -0.3 is 34.0 Å². The number of hydrogen-bond donors (Lipinski definition) is 0. The Morgan fingerprint density at radius 3 is 1.29 bits per heavy atom. The highest BCUT2D eigenvalue weighted by atomic mass is 80.9. The van der Waals surface area contributed by atoms with Crippen molar-refractivity contribution in [3.8, 4) is 0 Å². The van der Waals surface area contributed by atoms with E-state index in [0.29, 0.717) is 0 Å². The smallest absolute Gasteiger partial charge is 0.243 e. The molecule has 0 aliphatic rings. The average molecular weight is 598 g/mol. The minimum absolute atomic E-state index is 0. The summed E-state index contributed by atoms with van der Waals surface area (Å²) < 4.78 is 8.55. The zero-order valence-corrected chi connectivity index (χ0v) is 21.4. The number of nitrogens with zero attached hydrogens (tertiary/aromatic N) is 4. The second kappa shape index (κ2) is 19.7. The standard InChI is InChI=1S/2C8H15N2.Br2.2BrH/c2*1-3-4-5-10-7-6-9(2)8-10;1-2;;/h2*6-8H,3-5H2,1-2H3;;2*1H/q2*+1;;;/p-2. The Bertz CT molecular complexity index is 442. The van der Waals surface area contributed by atoms with Gasteiger partial charge in [-0.15, -0.1) is 0 Å². The molecule has 2 aromatic heterocycles. The van der Waals surface area contributed by atoms with E-state index >= 15 is 0 Å². The van der Waals surface area contributed by atoms with Crippen LogP contribution in [0.2, 0.25) is 0 Å². The van der Waals surface area contributed by atoms with Gasteiger partial charge in [0.15, 0.2) is 0 Å². The molecule has 2 heterocycles. The van der Waals surface area contributed by atoms with Gasteiger partial charge in [0, 0.05) is 28.3 Å². The third kappa shape index (κ3) is 14.7. The Kier molecular flexibility index (Phi) is 23.9. The second-order valence-electron chi connectivity index (χ2n) is 5.34. The number of unbranched alkanes of at least 4 members (excludes halogenated alkanes) is 2. The molecule has 0 aliphatic carbocycles. The van der Waals surface area contributed by atoms with Crippen molar-refractivity contribution in [2.45, 2.75) is 52.6 Å². The van der Waals surface area contributed by atoms with Crippen LogP contribution in [0.4, 0.5) is 0 Å². The minimum atomic E-state index is 0. The molecule has 0 aromatic carbocycles. The van der Waals surface area contributed by atoms with Crippen LogP contribution in [0.25, 0.3) is 0 Å². The van der Waals surface area contributed by atoms with Crippen molar-refractivity contribution in [2.24, 2.45) is 14.1 Å². The van der Waals surface area contributed by atoms with Gasteiger partial charge in [-0.3, -0.25) is 0 Å². The second-order valence-corrected chi connectivity index (χ2v) is 5.34. The van der Waals surface area contributed by atoms with Crippen LogP contribution in [0.5, 0.6) is 0 Å². The van der Waals surface area contributed by atoms with Crippen LogP contribution in [-0.4, -0.2) is 9.13 Å². The van der Waals surface area contributed by atoms with E-state index in [0.717, 1.165) is 13.1 Å². The lowest BCUT2D eigenvalue weighted by molar-refractivity contribution is -0.671. The lowest BCUT2D eigenvalue weighted by Crippen LogP contribution is -3.00. The molecule has 24 heavy (non-hydrogen) atoms.